The fraction of sp³-hybridized carbons (Fsp3) is 0.552. The lowest BCUT2D eigenvalue weighted by Gasteiger charge is -2.07. The van der Waals surface area contributed by atoms with Gasteiger partial charge in [0.1, 0.15) is 0 Å². The molecule has 34 heavy (non-hydrogen) atoms. The van der Waals surface area contributed by atoms with E-state index in [1.165, 1.54) is 75.6 Å². The van der Waals surface area contributed by atoms with Crippen molar-refractivity contribution in [2.24, 2.45) is 0 Å². The fourth-order valence-corrected chi connectivity index (χ4v) is 3.61. The predicted octanol–water partition coefficient (Wildman–Crippen LogP) is 7.89. The van der Waals surface area contributed by atoms with Crippen molar-refractivity contribution in [1.82, 2.24) is 4.98 Å². The van der Waals surface area contributed by atoms with Crippen LogP contribution in [0.1, 0.15) is 117 Å². The number of pyridine rings is 1. The molecule has 0 amide bonds. The fourth-order valence-electron chi connectivity index (χ4n) is 3.61. The lowest BCUT2D eigenvalue weighted by atomic mass is 10.1. The van der Waals surface area contributed by atoms with E-state index in [1.807, 2.05) is 12.3 Å². The predicted molar refractivity (Wildman–Crippen MR) is 138 cm³/mol. The van der Waals surface area contributed by atoms with E-state index < -0.39 is 11.9 Å². The number of nitrogens with zero attached hydrogens (tertiary/aromatic N) is 1. The highest BCUT2D eigenvalue weighted by atomic mass is 16.5. The van der Waals surface area contributed by atoms with Crippen molar-refractivity contribution in [1.29, 1.82) is 0 Å². The van der Waals surface area contributed by atoms with Crippen LogP contribution in [0.25, 0.3) is 0 Å². The Balaban J connectivity index is 0.000000362. The minimum Gasteiger partial charge on any atom is -0.478 e. The summed E-state index contributed by atoms with van der Waals surface area (Å²) < 4.78 is 5.12. The monoisotopic (exact) mass is 469 g/mol. The third kappa shape index (κ3) is 13.8. The molecular formula is C29H43NO4. The summed E-state index contributed by atoms with van der Waals surface area (Å²) in [6.07, 6.45) is 17.9. The smallest absolute Gasteiger partial charge is 0.339 e. The van der Waals surface area contributed by atoms with Crippen molar-refractivity contribution in [2.75, 3.05) is 6.61 Å². The van der Waals surface area contributed by atoms with Crippen molar-refractivity contribution >= 4 is 11.9 Å². The second-order valence-corrected chi connectivity index (χ2v) is 8.59. The molecule has 0 spiro atoms. The van der Waals surface area contributed by atoms with Crippen LogP contribution in [-0.2, 0) is 11.2 Å². The quantitative estimate of drug-likeness (QED) is 0.200. The van der Waals surface area contributed by atoms with Crippen molar-refractivity contribution < 1.29 is 19.4 Å². The first kappa shape index (κ1) is 29.3. The average molecular weight is 470 g/mol. The van der Waals surface area contributed by atoms with E-state index in [-0.39, 0.29) is 11.1 Å². The minimum absolute atomic E-state index is 0.0135. The number of aryl methyl sites for hydroxylation is 1. The van der Waals surface area contributed by atoms with Crippen LogP contribution in [0.15, 0.2) is 48.7 Å². The van der Waals surface area contributed by atoms with Crippen molar-refractivity contribution in [3.8, 4) is 0 Å². The van der Waals surface area contributed by atoms with E-state index >= 15 is 0 Å². The van der Waals surface area contributed by atoms with Crippen LogP contribution in [0.5, 0.6) is 0 Å². The largest absolute Gasteiger partial charge is 0.478 e. The lowest BCUT2D eigenvalue weighted by molar-refractivity contribution is 0.0487. The van der Waals surface area contributed by atoms with E-state index in [1.54, 1.807) is 12.1 Å². The van der Waals surface area contributed by atoms with Gasteiger partial charge in [0.05, 0.1) is 17.7 Å². The van der Waals surface area contributed by atoms with Gasteiger partial charge in [0.2, 0.25) is 0 Å². The van der Waals surface area contributed by atoms with E-state index in [2.05, 4.69) is 31.0 Å². The highest BCUT2D eigenvalue weighted by molar-refractivity contribution is 6.02. The zero-order valence-corrected chi connectivity index (χ0v) is 21.1. The Morgan fingerprint density at radius 1 is 0.735 bits per heavy atom. The molecule has 0 aliphatic rings. The molecule has 1 heterocycles. The van der Waals surface area contributed by atoms with E-state index in [0.29, 0.717) is 6.61 Å². The maximum absolute atomic E-state index is 11.8. The second-order valence-electron chi connectivity index (χ2n) is 8.59. The number of carbonyl (C=O) groups is 2. The van der Waals surface area contributed by atoms with Crippen LogP contribution >= 0.6 is 0 Å². The number of carbonyl (C=O) groups excluding carboxylic acids is 1. The Hall–Kier alpha value is -2.69. The maximum Gasteiger partial charge on any atom is 0.339 e. The average Bonchev–Trinajstić information content (AvgIpc) is 2.86. The van der Waals surface area contributed by atoms with E-state index in [4.69, 9.17) is 9.84 Å². The first-order valence-corrected chi connectivity index (χ1v) is 13.0. The van der Waals surface area contributed by atoms with Gasteiger partial charge in [-0.1, -0.05) is 96.3 Å². The van der Waals surface area contributed by atoms with Crippen LogP contribution in [0, 0.1) is 0 Å². The molecule has 1 aromatic heterocycles. The zero-order chi connectivity index (χ0) is 24.9. The standard InChI is InChI=1S/C16H22O4.C13H21N/c1-2-3-4-5-6-9-12-20-16(19)14-11-8-7-10-13(14)15(17)18;1-2-3-4-5-6-7-10-13-11-8-9-12-14-13/h7-8,10-11H,2-6,9,12H2,1H3,(H,17,18);8-9,11-12H,2-7,10H2,1H3. The maximum atomic E-state index is 11.8. The molecule has 0 bridgehead atoms. The SMILES string of the molecule is CCCCCCCCOC(=O)c1ccccc1C(=O)O.CCCCCCCCc1ccccn1. The van der Waals surface area contributed by atoms with Gasteiger partial charge in [-0.05, 0) is 43.5 Å². The van der Waals surface area contributed by atoms with Gasteiger partial charge in [0, 0.05) is 11.9 Å². The molecule has 5 heteroatoms. The number of hydrogen-bond donors (Lipinski definition) is 1. The molecule has 0 fully saturated rings. The Kier molecular flexibility index (Phi) is 17.0. The first-order chi connectivity index (χ1) is 16.6. The molecule has 0 unspecified atom stereocenters. The highest BCUT2D eigenvalue weighted by Crippen LogP contribution is 2.12. The van der Waals surface area contributed by atoms with Crippen molar-refractivity contribution in [2.45, 2.75) is 97.3 Å². The molecule has 0 saturated carbocycles. The normalized spacial score (nSPS) is 10.3. The van der Waals surface area contributed by atoms with Gasteiger partial charge in [-0.2, -0.15) is 0 Å². The molecule has 2 aromatic rings. The summed E-state index contributed by atoms with van der Waals surface area (Å²) >= 11 is 0. The molecular weight excluding hydrogens is 426 g/mol. The van der Waals surface area contributed by atoms with Gasteiger partial charge in [0.15, 0.2) is 0 Å². The number of aromatic nitrogens is 1. The summed E-state index contributed by atoms with van der Waals surface area (Å²) in [5.74, 6) is -1.67. The van der Waals surface area contributed by atoms with Crippen molar-refractivity contribution in [3.63, 3.8) is 0 Å². The summed E-state index contributed by atoms with van der Waals surface area (Å²) in [6, 6.07) is 12.3. The summed E-state index contributed by atoms with van der Waals surface area (Å²) in [6.45, 7) is 4.77. The summed E-state index contributed by atoms with van der Waals surface area (Å²) in [7, 11) is 0. The Morgan fingerprint density at radius 2 is 1.29 bits per heavy atom. The van der Waals surface area contributed by atoms with Crippen molar-refractivity contribution in [3.05, 3.63) is 65.5 Å². The topological polar surface area (TPSA) is 76.5 Å². The minimum atomic E-state index is -1.11. The van der Waals surface area contributed by atoms with Crippen LogP contribution in [0.3, 0.4) is 0 Å². The molecule has 1 N–H and O–H groups in total. The third-order valence-corrected chi connectivity index (χ3v) is 5.62. The number of ether oxygens (including phenoxy) is 1. The van der Waals surface area contributed by atoms with Gasteiger partial charge in [-0.25, -0.2) is 9.59 Å². The molecule has 5 nitrogen and oxygen atoms in total. The van der Waals surface area contributed by atoms with E-state index in [0.717, 1.165) is 25.7 Å². The summed E-state index contributed by atoms with van der Waals surface area (Å²) in [4.78, 5) is 27.1. The van der Waals surface area contributed by atoms with Gasteiger partial charge >= 0.3 is 11.9 Å². The molecule has 0 radical (unpaired) electrons. The molecule has 0 saturated heterocycles. The number of carboxylic acid groups (broad SMARTS) is 1. The number of esters is 1. The highest BCUT2D eigenvalue weighted by Gasteiger charge is 2.16. The summed E-state index contributed by atoms with van der Waals surface area (Å²) in [5.41, 5.74) is 1.34. The Labute approximate surface area is 206 Å². The van der Waals surface area contributed by atoms with Crippen LogP contribution < -0.4 is 0 Å². The molecule has 1 aromatic carbocycles. The number of unbranched alkanes of at least 4 members (excludes halogenated alkanes) is 10. The lowest BCUT2D eigenvalue weighted by Crippen LogP contribution is -2.12. The van der Waals surface area contributed by atoms with Gasteiger partial charge in [-0.3, -0.25) is 4.98 Å². The van der Waals surface area contributed by atoms with Gasteiger partial charge in [0.25, 0.3) is 0 Å². The number of carboxylic acids is 1. The number of hydrogen-bond acceptors (Lipinski definition) is 4. The van der Waals surface area contributed by atoms with E-state index in [9.17, 15) is 9.59 Å². The van der Waals surface area contributed by atoms with Crippen LogP contribution in [0.4, 0.5) is 0 Å². The number of benzene rings is 1. The molecule has 2 rings (SSSR count). The number of aromatic carboxylic acids is 1. The van der Waals surface area contributed by atoms with Gasteiger partial charge < -0.3 is 9.84 Å². The zero-order valence-electron chi connectivity index (χ0n) is 21.1. The summed E-state index contributed by atoms with van der Waals surface area (Å²) in [5, 5.41) is 9.00. The molecule has 188 valence electrons. The van der Waals surface area contributed by atoms with Crippen LogP contribution in [-0.4, -0.2) is 28.6 Å². The molecule has 0 aliphatic carbocycles. The Bertz CT molecular complexity index is 792. The number of rotatable bonds is 16. The first-order valence-electron chi connectivity index (χ1n) is 13.0. The molecule has 0 aliphatic heterocycles. The third-order valence-electron chi connectivity index (χ3n) is 5.62. The second kappa shape index (κ2) is 19.7. The van der Waals surface area contributed by atoms with Crippen LogP contribution in [0.2, 0.25) is 0 Å². The Morgan fingerprint density at radius 3 is 1.88 bits per heavy atom. The molecule has 0 atom stereocenters. The van der Waals surface area contributed by atoms with Gasteiger partial charge in [-0.15, -0.1) is 0 Å².